The lowest BCUT2D eigenvalue weighted by Crippen LogP contribution is -2.62. The van der Waals surface area contributed by atoms with Crippen molar-refractivity contribution in [3.05, 3.63) is 0 Å². The van der Waals surface area contributed by atoms with Crippen LogP contribution in [-0.4, -0.2) is 37.0 Å². The van der Waals surface area contributed by atoms with Gasteiger partial charge >= 0.3 is 0 Å². The van der Waals surface area contributed by atoms with Gasteiger partial charge < -0.3 is 15.2 Å². The molecule has 5 atom stereocenters. The summed E-state index contributed by atoms with van der Waals surface area (Å²) >= 11 is 0. The van der Waals surface area contributed by atoms with E-state index in [1.165, 1.54) is 32.1 Å². The number of aliphatic hydroxyl groups is 1. The SMILES string of the molecule is CCOC1CC(NCC2CCCCC2CO)C1(C)CC. The molecule has 0 aromatic carbocycles. The minimum Gasteiger partial charge on any atom is -0.396 e. The van der Waals surface area contributed by atoms with Gasteiger partial charge in [0.05, 0.1) is 6.10 Å². The van der Waals surface area contributed by atoms with Crippen LogP contribution in [0, 0.1) is 17.3 Å². The zero-order valence-corrected chi connectivity index (χ0v) is 13.5. The van der Waals surface area contributed by atoms with E-state index in [9.17, 15) is 5.11 Å². The van der Waals surface area contributed by atoms with Gasteiger partial charge in [0.1, 0.15) is 0 Å². The summed E-state index contributed by atoms with van der Waals surface area (Å²) in [7, 11) is 0. The van der Waals surface area contributed by atoms with E-state index in [0.29, 0.717) is 36.0 Å². The zero-order valence-electron chi connectivity index (χ0n) is 13.5. The second-order valence-corrected chi connectivity index (χ2v) is 6.99. The molecule has 0 bridgehead atoms. The van der Waals surface area contributed by atoms with Crippen LogP contribution in [0.25, 0.3) is 0 Å². The summed E-state index contributed by atoms with van der Waals surface area (Å²) in [5.74, 6) is 1.19. The molecule has 2 fully saturated rings. The standard InChI is InChI=1S/C17H33NO2/c1-4-17(3)15(10-16(17)20-5-2)18-11-13-8-6-7-9-14(13)12-19/h13-16,18-19H,4-12H2,1-3H3. The Kier molecular flexibility index (Phi) is 5.88. The lowest BCUT2D eigenvalue weighted by molar-refractivity contribution is -0.126. The Balaban J connectivity index is 1.82. The summed E-state index contributed by atoms with van der Waals surface area (Å²) in [6.45, 7) is 8.98. The van der Waals surface area contributed by atoms with Crippen molar-refractivity contribution in [2.75, 3.05) is 19.8 Å². The van der Waals surface area contributed by atoms with Crippen LogP contribution in [0.1, 0.15) is 59.3 Å². The highest BCUT2D eigenvalue weighted by molar-refractivity contribution is 5.05. The van der Waals surface area contributed by atoms with E-state index in [1.54, 1.807) is 0 Å². The molecule has 2 aliphatic carbocycles. The van der Waals surface area contributed by atoms with E-state index in [1.807, 2.05) is 0 Å². The summed E-state index contributed by atoms with van der Waals surface area (Å²) < 4.78 is 5.87. The summed E-state index contributed by atoms with van der Waals surface area (Å²) in [5, 5.41) is 13.3. The molecular weight excluding hydrogens is 250 g/mol. The van der Waals surface area contributed by atoms with Crippen LogP contribution < -0.4 is 5.32 Å². The Labute approximate surface area is 124 Å². The Bertz CT molecular complexity index is 297. The molecule has 0 saturated heterocycles. The van der Waals surface area contributed by atoms with E-state index in [2.05, 4.69) is 26.1 Å². The second-order valence-electron chi connectivity index (χ2n) is 6.99. The summed E-state index contributed by atoms with van der Waals surface area (Å²) in [5.41, 5.74) is 0.291. The Morgan fingerprint density at radius 3 is 2.50 bits per heavy atom. The molecule has 2 aliphatic rings. The summed E-state index contributed by atoms with van der Waals surface area (Å²) in [6.07, 6.45) is 7.86. The molecular formula is C17H33NO2. The van der Waals surface area contributed by atoms with Gasteiger partial charge in [0.25, 0.3) is 0 Å². The number of nitrogens with one attached hydrogen (secondary N) is 1. The average molecular weight is 283 g/mol. The van der Waals surface area contributed by atoms with Crippen LogP contribution in [-0.2, 0) is 4.74 Å². The largest absolute Gasteiger partial charge is 0.396 e. The average Bonchev–Trinajstić information content (AvgIpc) is 2.49. The van der Waals surface area contributed by atoms with E-state index in [0.717, 1.165) is 19.6 Å². The molecule has 0 spiro atoms. The van der Waals surface area contributed by atoms with Gasteiger partial charge in [0.15, 0.2) is 0 Å². The van der Waals surface area contributed by atoms with Gasteiger partial charge in [-0.05, 0) is 51.0 Å². The van der Waals surface area contributed by atoms with Crippen LogP contribution in [0.15, 0.2) is 0 Å². The molecule has 0 radical (unpaired) electrons. The third-order valence-electron chi connectivity index (χ3n) is 6.04. The van der Waals surface area contributed by atoms with Crippen molar-refractivity contribution >= 4 is 0 Å². The predicted molar refractivity (Wildman–Crippen MR) is 82.8 cm³/mol. The maximum Gasteiger partial charge on any atom is 0.0658 e. The number of ether oxygens (including phenoxy) is 1. The molecule has 0 aromatic heterocycles. The maximum absolute atomic E-state index is 9.51. The minimum atomic E-state index is 0.291. The van der Waals surface area contributed by atoms with Gasteiger partial charge in [-0.3, -0.25) is 0 Å². The first-order chi connectivity index (χ1) is 9.65. The number of hydrogen-bond acceptors (Lipinski definition) is 3. The molecule has 2 saturated carbocycles. The highest BCUT2D eigenvalue weighted by Gasteiger charge is 2.50. The summed E-state index contributed by atoms with van der Waals surface area (Å²) in [6, 6.07) is 0.588. The molecule has 0 amide bonds. The molecule has 118 valence electrons. The third kappa shape index (κ3) is 3.20. The first-order valence-corrected chi connectivity index (χ1v) is 8.61. The molecule has 0 aromatic rings. The van der Waals surface area contributed by atoms with E-state index < -0.39 is 0 Å². The van der Waals surface area contributed by atoms with Gasteiger partial charge in [0, 0.05) is 24.7 Å². The second kappa shape index (κ2) is 7.24. The molecule has 2 rings (SSSR count). The first kappa shape index (κ1) is 16.3. The van der Waals surface area contributed by atoms with Crippen LogP contribution >= 0.6 is 0 Å². The topological polar surface area (TPSA) is 41.5 Å². The van der Waals surface area contributed by atoms with Gasteiger partial charge in [-0.2, -0.15) is 0 Å². The van der Waals surface area contributed by atoms with Crippen LogP contribution in [0.4, 0.5) is 0 Å². The fraction of sp³-hybridized carbons (Fsp3) is 1.00. The molecule has 2 N–H and O–H groups in total. The third-order valence-corrected chi connectivity index (χ3v) is 6.04. The quantitative estimate of drug-likeness (QED) is 0.755. The molecule has 20 heavy (non-hydrogen) atoms. The monoisotopic (exact) mass is 283 g/mol. The highest BCUT2D eigenvalue weighted by atomic mass is 16.5. The van der Waals surface area contributed by atoms with Gasteiger partial charge in [-0.1, -0.05) is 26.7 Å². The van der Waals surface area contributed by atoms with E-state index in [4.69, 9.17) is 4.74 Å². The number of hydrogen-bond donors (Lipinski definition) is 2. The summed E-state index contributed by atoms with van der Waals surface area (Å²) in [4.78, 5) is 0. The molecule has 5 unspecified atom stereocenters. The molecule has 0 heterocycles. The van der Waals surface area contributed by atoms with Crippen molar-refractivity contribution in [3.8, 4) is 0 Å². The smallest absolute Gasteiger partial charge is 0.0658 e. The highest BCUT2D eigenvalue weighted by Crippen LogP contribution is 2.46. The van der Waals surface area contributed by atoms with Crippen molar-refractivity contribution in [3.63, 3.8) is 0 Å². The zero-order chi connectivity index (χ0) is 14.6. The van der Waals surface area contributed by atoms with Crippen molar-refractivity contribution in [2.45, 2.75) is 71.4 Å². The Morgan fingerprint density at radius 1 is 1.20 bits per heavy atom. The van der Waals surface area contributed by atoms with E-state index in [-0.39, 0.29) is 0 Å². The van der Waals surface area contributed by atoms with Crippen LogP contribution in [0.5, 0.6) is 0 Å². The lowest BCUT2D eigenvalue weighted by Gasteiger charge is -2.54. The normalized spacial score (nSPS) is 41.4. The minimum absolute atomic E-state index is 0.291. The number of rotatable bonds is 7. The van der Waals surface area contributed by atoms with Crippen LogP contribution in [0.3, 0.4) is 0 Å². The predicted octanol–water partition coefficient (Wildman–Crippen LogP) is 2.97. The first-order valence-electron chi connectivity index (χ1n) is 8.61. The van der Waals surface area contributed by atoms with Crippen LogP contribution in [0.2, 0.25) is 0 Å². The van der Waals surface area contributed by atoms with Gasteiger partial charge in [0.2, 0.25) is 0 Å². The van der Waals surface area contributed by atoms with Gasteiger partial charge in [-0.15, -0.1) is 0 Å². The van der Waals surface area contributed by atoms with Crippen molar-refractivity contribution in [2.24, 2.45) is 17.3 Å². The maximum atomic E-state index is 9.51. The Hall–Kier alpha value is -0.120. The lowest BCUT2D eigenvalue weighted by atomic mass is 9.61. The molecule has 0 aliphatic heterocycles. The van der Waals surface area contributed by atoms with Crippen molar-refractivity contribution in [1.29, 1.82) is 0 Å². The van der Waals surface area contributed by atoms with Gasteiger partial charge in [-0.25, -0.2) is 0 Å². The fourth-order valence-electron chi connectivity index (χ4n) is 4.15. The molecule has 3 nitrogen and oxygen atoms in total. The Morgan fingerprint density at radius 2 is 1.90 bits per heavy atom. The van der Waals surface area contributed by atoms with Crippen molar-refractivity contribution < 1.29 is 9.84 Å². The van der Waals surface area contributed by atoms with E-state index >= 15 is 0 Å². The van der Waals surface area contributed by atoms with Crippen molar-refractivity contribution in [1.82, 2.24) is 5.32 Å². The number of aliphatic hydroxyl groups excluding tert-OH is 1. The fourth-order valence-corrected chi connectivity index (χ4v) is 4.15. The molecule has 3 heteroatoms.